The Labute approximate surface area is 216 Å². The molecule has 3 heterocycles. The van der Waals surface area contributed by atoms with Crippen LogP contribution < -0.4 is 9.64 Å². The molecule has 0 radical (unpaired) electrons. The molecule has 0 aliphatic carbocycles. The summed E-state index contributed by atoms with van der Waals surface area (Å²) < 4.78 is 47.1. The van der Waals surface area contributed by atoms with Gasteiger partial charge in [0.05, 0.1) is 25.6 Å². The number of hydrogen-bond acceptors (Lipinski definition) is 6. The largest absolute Gasteiger partial charge is 0.496 e. The molecular formula is C27H24F3N5O3. The van der Waals surface area contributed by atoms with Gasteiger partial charge in [0, 0.05) is 23.0 Å². The minimum atomic E-state index is -4.56. The highest BCUT2D eigenvalue weighted by Crippen LogP contribution is 2.36. The number of pyridine rings is 1. The number of hydrogen-bond donors (Lipinski definition) is 1. The number of halogens is 3. The molecule has 1 aliphatic heterocycles. The monoisotopic (exact) mass is 523 g/mol. The maximum Gasteiger partial charge on any atom is 0.406 e. The van der Waals surface area contributed by atoms with Crippen molar-refractivity contribution in [3.05, 3.63) is 78.2 Å². The Morgan fingerprint density at radius 2 is 1.92 bits per heavy atom. The molecule has 1 unspecified atom stereocenters. The van der Waals surface area contributed by atoms with E-state index in [1.54, 1.807) is 48.8 Å². The maximum atomic E-state index is 13.4. The van der Waals surface area contributed by atoms with Crippen LogP contribution in [-0.4, -0.2) is 50.8 Å². The Hall–Kier alpha value is -4.25. The maximum absolute atomic E-state index is 13.4. The standard InChI is InChI=1S/C27H24F3N5O3/c1-38-25-13-19(6-8-21(25)18-10-11-31-20(12-18)15-36)22-14-35(33-32-22)24-9-7-17-4-2-3-5-23(17)34(26(24)37)16-27(28,29)30/h2-6,8,10-14,24,36H,7,9,15-16H2,1H3. The van der Waals surface area contributed by atoms with Gasteiger partial charge in [-0.25, -0.2) is 4.68 Å². The Bertz CT molecular complexity index is 1470. The lowest BCUT2D eigenvalue weighted by Gasteiger charge is -2.26. The van der Waals surface area contributed by atoms with Crippen LogP contribution in [0.5, 0.6) is 5.75 Å². The second-order valence-corrected chi connectivity index (χ2v) is 8.92. The molecule has 0 fully saturated rings. The number of aromatic nitrogens is 4. The number of anilines is 1. The average Bonchev–Trinajstić information content (AvgIpc) is 3.36. The number of carbonyl (C=O) groups excluding carboxylic acids is 1. The molecule has 38 heavy (non-hydrogen) atoms. The molecule has 1 atom stereocenters. The summed E-state index contributed by atoms with van der Waals surface area (Å²) in [7, 11) is 1.53. The summed E-state index contributed by atoms with van der Waals surface area (Å²) in [6, 6.07) is 14.7. The summed E-state index contributed by atoms with van der Waals surface area (Å²) in [4.78, 5) is 18.3. The molecule has 2 aromatic carbocycles. The fourth-order valence-corrected chi connectivity index (χ4v) is 4.67. The first-order valence-electron chi connectivity index (χ1n) is 11.9. The molecule has 1 N–H and O–H groups in total. The van der Waals surface area contributed by atoms with Gasteiger partial charge in [0.25, 0.3) is 5.91 Å². The second kappa shape index (κ2) is 10.3. The molecule has 4 aromatic rings. The first-order chi connectivity index (χ1) is 18.3. The number of para-hydroxylation sites is 1. The Morgan fingerprint density at radius 3 is 2.68 bits per heavy atom. The van der Waals surface area contributed by atoms with Crippen molar-refractivity contribution in [1.82, 2.24) is 20.0 Å². The van der Waals surface area contributed by atoms with Gasteiger partial charge in [-0.2, -0.15) is 13.2 Å². The average molecular weight is 524 g/mol. The fraction of sp³-hybridized carbons (Fsp3) is 0.259. The molecule has 0 saturated heterocycles. The molecule has 11 heteroatoms. The van der Waals surface area contributed by atoms with E-state index in [4.69, 9.17) is 4.74 Å². The highest BCUT2D eigenvalue weighted by Gasteiger charge is 2.39. The molecule has 0 bridgehead atoms. The lowest BCUT2D eigenvalue weighted by atomic mass is 10.0. The molecule has 2 aromatic heterocycles. The molecule has 1 aliphatic rings. The lowest BCUT2D eigenvalue weighted by molar-refractivity contribution is -0.134. The minimum absolute atomic E-state index is 0.192. The summed E-state index contributed by atoms with van der Waals surface area (Å²) in [6.45, 7) is -1.57. The quantitative estimate of drug-likeness (QED) is 0.397. The van der Waals surface area contributed by atoms with Crippen LogP contribution in [0.2, 0.25) is 0 Å². The van der Waals surface area contributed by atoms with Gasteiger partial charge < -0.3 is 14.7 Å². The highest BCUT2D eigenvalue weighted by atomic mass is 19.4. The summed E-state index contributed by atoms with van der Waals surface area (Å²) >= 11 is 0. The predicted octanol–water partition coefficient (Wildman–Crippen LogP) is 4.59. The first-order valence-corrected chi connectivity index (χ1v) is 11.9. The zero-order valence-electron chi connectivity index (χ0n) is 20.4. The van der Waals surface area contributed by atoms with E-state index in [2.05, 4.69) is 15.3 Å². The third-order valence-corrected chi connectivity index (χ3v) is 6.47. The van der Waals surface area contributed by atoms with Gasteiger partial charge in [-0.05, 0) is 54.3 Å². The lowest BCUT2D eigenvalue weighted by Crippen LogP contribution is -2.42. The van der Waals surface area contributed by atoms with Crippen molar-refractivity contribution in [2.75, 3.05) is 18.6 Å². The van der Waals surface area contributed by atoms with E-state index in [-0.39, 0.29) is 18.7 Å². The number of amides is 1. The predicted molar refractivity (Wildman–Crippen MR) is 133 cm³/mol. The summed E-state index contributed by atoms with van der Waals surface area (Å²) in [5, 5.41) is 17.7. The first kappa shape index (κ1) is 25.4. The number of benzene rings is 2. The van der Waals surface area contributed by atoms with Crippen molar-refractivity contribution >= 4 is 11.6 Å². The number of aliphatic hydroxyl groups excluding tert-OH is 1. The number of ether oxygens (including phenoxy) is 1. The van der Waals surface area contributed by atoms with E-state index in [1.807, 2.05) is 12.1 Å². The van der Waals surface area contributed by atoms with Crippen LogP contribution in [-0.2, 0) is 17.8 Å². The van der Waals surface area contributed by atoms with Gasteiger partial charge in [-0.15, -0.1) is 5.10 Å². The fourth-order valence-electron chi connectivity index (χ4n) is 4.67. The van der Waals surface area contributed by atoms with E-state index >= 15 is 0 Å². The number of methoxy groups -OCH3 is 1. The van der Waals surface area contributed by atoms with Gasteiger partial charge in [-0.1, -0.05) is 29.5 Å². The third-order valence-electron chi connectivity index (χ3n) is 6.47. The second-order valence-electron chi connectivity index (χ2n) is 8.92. The Balaban J connectivity index is 1.46. The normalized spacial score (nSPS) is 15.8. The van der Waals surface area contributed by atoms with E-state index < -0.39 is 24.7 Å². The van der Waals surface area contributed by atoms with Crippen molar-refractivity contribution in [2.24, 2.45) is 0 Å². The van der Waals surface area contributed by atoms with Crippen LogP contribution in [0, 0.1) is 0 Å². The van der Waals surface area contributed by atoms with E-state index in [0.29, 0.717) is 34.7 Å². The van der Waals surface area contributed by atoms with Crippen LogP contribution >= 0.6 is 0 Å². The van der Waals surface area contributed by atoms with Gasteiger partial charge in [-0.3, -0.25) is 9.78 Å². The van der Waals surface area contributed by atoms with Crippen LogP contribution in [0.15, 0.2) is 67.0 Å². The number of aryl methyl sites for hydroxylation is 1. The number of alkyl halides is 3. The Morgan fingerprint density at radius 1 is 1.11 bits per heavy atom. The number of nitrogens with zero attached hydrogens (tertiary/aromatic N) is 5. The molecule has 8 nitrogen and oxygen atoms in total. The summed E-state index contributed by atoms with van der Waals surface area (Å²) in [5.41, 5.74) is 4.14. The smallest absolute Gasteiger partial charge is 0.406 e. The van der Waals surface area contributed by atoms with E-state index in [1.165, 1.54) is 17.9 Å². The minimum Gasteiger partial charge on any atom is -0.496 e. The van der Waals surface area contributed by atoms with Gasteiger partial charge in [0.2, 0.25) is 0 Å². The summed E-state index contributed by atoms with van der Waals surface area (Å²) in [5.74, 6) is -0.140. The molecular weight excluding hydrogens is 499 g/mol. The number of aliphatic hydroxyl groups is 1. The number of rotatable bonds is 6. The summed E-state index contributed by atoms with van der Waals surface area (Å²) in [6.07, 6.45) is -0.694. The molecule has 0 spiro atoms. The van der Waals surface area contributed by atoms with Crippen molar-refractivity contribution in [1.29, 1.82) is 0 Å². The SMILES string of the molecule is COc1cc(-c2cn(C3CCc4ccccc4N(CC(F)(F)F)C3=O)nn2)ccc1-c1ccnc(CO)c1. The van der Waals surface area contributed by atoms with Crippen molar-refractivity contribution in [3.63, 3.8) is 0 Å². The van der Waals surface area contributed by atoms with Gasteiger partial charge >= 0.3 is 6.18 Å². The van der Waals surface area contributed by atoms with Gasteiger partial charge in [0.1, 0.15) is 24.0 Å². The van der Waals surface area contributed by atoms with Crippen molar-refractivity contribution < 1.29 is 27.8 Å². The highest BCUT2D eigenvalue weighted by molar-refractivity contribution is 5.97. The van der Waals surface area contributed by atoms with Crippen molar-refractivity contribution in [3.8, 4) is 28.1 Å². The van der Waals surface area contributed by atoms with Gasteiger partial charge in [0.15, 0.2) is 0 Å². The van der Waals surface area contributed by atoms with Crippen LogP contribution in [0.1, 0.15) is 23.7 Å². The van der Waals surface area contributed by atoms with E-state index in [0.717, 1.165) is 16.0 Å². The van der Waals surface area contributed by atoms with Crippen molar-refractivity contribution in [2.45, 2.75) is 31.7 Å². The number of carbonyl (C=O) groups is 1. The van der Waals surface area contributed by atoms with Crippen LogP contribution in [0.4, 0.5) is 18.9 Å². The topological polar surface area (TPSA) is 93.4 Å². The third kappa shape index (κ3) is 5.10. The van der Waals surface area contributed by atoms with Crippen LogP contribution in [0.25, 0.3) is 22.4 Å². The van der Waals surface area contributed by atoms with E-state index in [9.17, 15) is 23.1 Å². The molecule has 5 rings (SSSR count). The molecule has 0 saturated carbocycles. The molecule has 196 valence electrons. The zero-order chi connectivity index (χ0) is 26.9. The number of fused-ring (bicyclic) bond motifs is 1. The zero-order valence-corrected chi connectivity index (χ0v) is 20.4. The van der Waals surface area contributed by atoms with Crippen LogP contribution in [0.3, 0.4) is 0 Å². The Kier molecular flexibility index (Phi) is 6.85. The molecule has 1 amide bonds.